The standard InChI is InChI=1S/C21H33N5O2/c1-8-16(9-2)21(28)25(7)19-15(3)22-18-11-10-17(14-26(18)19)20(27)24(6)13-12-23(4)5/h10-11,14,16H,8-9,12-13H2,1-7H3. The fourth-order valence-corrected chi connectivity index (χ4v) is 3.37. The van der Waals surface area contributed by atoms with Crippen molar-refractivity contribution in [2.75, 3.05) is 46.2 Å². The van der Waals surface area contributed by atoms with Gasteiger partial charge in [0, 0.05) is 39.3 Å². The Bertz CT molecular complexity index is 839. The Labute approximate surface area is 167 Å². The van der Waals surface area contributed by atoms with Crippen LogP contribution in [0.15, 0.2) is 18.3 Å². The Morgan fingerprint density at radius 2 is 1.71 bits per heavy atom. The van der Waals surface area contributed by atoms with Crippen LogP contribution in [-0.2, 0) is 4.79 Å². The van der Waals surface area contributed by atoms with Crippen LogP contribution < -0.4 is 4.90 Å². The molecular formula is C21H33N5O2. The number of aromatic nitrogens is 2. The molecular weight excluding hydrogens is 354 g/mol. The number of pyridine rings is 1. The number of imidazole rings is 1. The lowest BCUT2D eigenvalue weighted by atomic mass is 10.0. The third-order valence-electron chi connectivity index (χ3n) is 5.22. The zero-order valence-corrected chi connectivity index (χ0v) is 18.2. The first-order valence-electron chi connectivity index (χ1n) is 9.87. The Morgan fingerprint density at radius 1 is 1.07 bits per heavy atom. The summed E-state index contributed by atoms with van der Waals surface area (Å²) in [4.78, 5) is 35.7. The summed E-state index contributed by atoms with van der Waals surface area (Å²) in [7, 11) is 7.56. The van der Waals surface area contributed by atoms with Gasteiger partial charge in [0.05, 0.1) is 11.3 Å². The average Bonchev–Trinajstić information content (AvgIpc) is 3.00. The number of anilines is 1. The van der Waals surface area contributed by atoms with Crippen LogP contribution in [0.5, 0.6) is 0 Å². The molecule has 2 heterocycles. The molecule has 2 aromatic rings. The number of likely N-dealkylation sites (N-methyl/N-ethyl adjacent to an activating group) is 2. The van der Waals surface area contributed by atoms with Crippen molar-refractivity contribution in [3.63, 3.8) is 0 Å². The minimum atomic E-state index is -0.0463. The average molecular weight is 388 g/mol. The molecule has 0 aliphatic rings. The largest absolute Gasteiger partial charge is 0.340 e. The zero-order chi connectivity index (χ0) is 21.0. The Balaban J connectivity index is 2.38. The number of hydrogen-bond acceptors (Lipinski definition) is 4. The van der Waals surface area contributed by atoms with Crippen molar-refractivity contribution in [1.29, 1.82) is 0 Å². The van der Waals surface area contributed by atoms with Crippen LogP contribution in [0.4, 0.5) is 5.82 Å². The van der Waals surface area contributed by atoms with Gasteiger partial charge in [-0.2, -0.15) is 0 Å². The Hall–Kier alpha value is -2.41. The van der Waals surface area contributed by atoms with Crippen LogP contribution >= 0.6 is 0 Å². The van der Waals surface area contributed by atoms with Crippen molar-refractivity contribution in [3.05, 3.63) is 29.6 Å². The number of aryl methyl sites for hydroxylation is 1. The van der Waals surface area contributed by atoms with E-state index in [9.17, 15) is 9.59 Å². The fraction of sp³-hybridized carbons (Fsp3) is 0.571. The monoisotopic (exact) mass is 387 g/mol. The van der Waals surface area contributed by atoms with Gasteiger partial charge in [-0.25, -0.2) is 4.98 Å². The van der Waals surface area contributed by atoms with Crippen LogP contribution in [0.1, 0.15) is 42.7 Å². The molecule has 28 heavy (non-hydrogen) atoms. The number of nitrogens with zero attached hydrogens (tertiary/aromatic N) is 5. The quantitative estimate of drug-likeness (QED) is 0.699. The molecule has 0 atom stereocenters. The summed E-state index contributed by atoms with van der Waals surface area (Å²) in [5.74, 6) is 0.735. The van der Waals surface area contributed by atoms with Gasteiger partial charge in [-0.3, -0.25) is 18.9 Å². The van der Waals surface area contributed by atoms with Crippen LogP contribution in [0.2, 0.25) is 0 Å². The maximum atomic E-state index is 12.9. The predicted molar refractivity (Wildman–Crippen MR) is 113 cm³/mol. The smallest absolute Gasteiger partial charge is 0.255 e. The SMILES string of the molecule is CCC(CC)C(=O)N(C)c1c(C)nc2ccc(C(=O)N(C)CCN(C)C)cn12. The number of fused-ring (bicyclic) bond motifs is 1. The normalized spacial score (nSPS) is 11.5. The maximum Gasteiger partial charge on any atom is 0.255 e. The van der Waals surface area contributed by atoms with Crippen molar-refractivity contribution in [3.8, 4) is 0 Å². The van der Waals surface area contributed by atoms with Crippen LogP contribution in [0.3, 0.4) is 0 Å². The van der Waals surface area contributed by atoms with Gasteiger partial charge in [-0.15, -0.1) is 0 Å². The number of amides is 2. The van der Waals surface area contributed by atoms with E-state index in [0.29, 0.717) is 12.1 Å². The molecule has 2 amide bonds. The molecule has 2 rings (SSSR count). The molecule has 7 nitrogen and oxygen atoms in total. The summed E-state index contributed by atoms with van der Waals surface area (Å²) < 4.78 is 1.85. The highest BCUT2D eigenvalue weighted by molar-refractivity contribution is 5.96. The lowest BCUT2D eigenvalue weighted by Gasteiger charge is -2.23. The third-order valence-corrected chi connectivity index (χ3v) is 5.22. The molecule has 0 N–H and O–H groups in total. The summed E-state index contributed by atoms with van der Waals surface area (Å²) in [6.07, 6.45) is 3.39. The molecule has 0 saturated heterocycles. The van der Waals surface area contributed by atoms with Crippen molar-refractivity contribution in [1.82, 2.24) is 19.2 Å². The number of carbonyl (C=O) groups excluding carboxylic acids is 2. The summed E-state index contributed by atoms with van der Waals surface area (Å²) in [6, 6.07) is 3.63. The maximum absolute atomic E-state index is 12.9. The minimum Gasteiger partial charge on any atom is -0.340 e. The highest BCUT2D eigenvalue weighted by atomic mass is 16.2. The second-order valence-electron chi connectivity index (χ2n) is 7.61. The van der Waals surface area contributed by atoms with E-state index in [0.717, 1.165) is 36.5 Å². The second kappa shape index (κ2) is 9.19. The van der Waals surface area contributed by atoms with Crippen molar-refractivity contribution in [2.24, 2.45) is 5.92 Å². The number of rotatable bonds is 8. The van der Waals surface area contributed by atoms with E-state index in [1.165, 1.54) is 0 Å². The molecule has 0 aliphatic heterocycles. The van der Waals surface area contributed by atoms with Gasteiger partial charge in [0.1, 0.15) is 11.5 Å². The van der Waals surface area contributed by atoms with E-state index in [-0.39, 0.29) is 17.7 Å². The summed E-state index contributed by atoms with van der Waals surface area (Å²) >= 11 is 0. The highest BCUT2D eigenvalue weighted by Crippen LogP contribution is 2.24. The molecule has 0 saturated carbocycles. The predicted octanol–water partition coefficient (Wildman–Crippen LogP) is 2.68. The molecule has 2 aromatic heterocycles. The van der Waals surface area contributed by atoms with E-state index in [2.05, 4.69) is 4.98 Å². The first kappa shape index (κ1) is 21.9. The van der Waals surface area contributed by atoms with Gasteiger partial charge in [0.15, 0.2) is 0 Å². The van der Waals surface area contributed by atoms with E-state index in [1.54, 1.807) is 36.2 Å². The molecule has 0 bridgehead atoms. The first-order valence-corrected chi connectivity index (χ1v) is 9.87. The topological polar surface area (TPSA) is 61.2 Å². The van der Waals surface area contributed by atoms with Gasteiger partial charge >= 0.3 is 0 Å². The molecule has 0 aromatic carbocycles. The van der Waals surface area contributed by atoms with Gasteiger partial charge < -0.3 is 9.80 Å². The molecule has 0 aliphatic carbocycles. The third kappa shape index (κ3) is 4.52. The van der Waals surface area contributed by atoms with Gasteiger partial charge in [-0.05, 0) is 46.0 Å². The summed E-state index contributed by atoms with van der Waals surface area (Å²) in [5.41, 5.74) is 2.08. The second-order valence-corrected chi connectivity index (χ2v) is 7.61. The molecule has 0 unspecified atom stereocenters. The fourth-order valence-electron chi connectivity index (χ4n) is 3.37. The van der Waals surface area contributed by atoms with Crippen LogP contribution in [0.25, 0.3) is 5.65 Å². The molecule has 154 valence electrons. The zero-order valence-electron chi connectivity index (χ0n) is 18.2. The molecule has 0 radical (unpaired) electrons. The number of hydrogen-bond donors (Lipinski definition) is 0. The van der Waals surface area contributed by atoms with Gasteiger partial charge in [-0.1, -0.05) is 13.8 Å². The lowest BCUT2D eigenvalue weighted by Crippen LogP contribution is -2.34. The van der Waals surface area contributed by atoms with Crippen molar-refractivity contribution >= 4 is 23.3 Å². The molecule has 0 fully saturated rings. The van der Waals surface area contributed by atoms with Gasteiger partial charge in [0.25, 0.3) is 5.91 Å². The molecule has 7 heteroatoms. The Morgan fingerprint density at radius 3 is 2.29 bits per heavy atom. The van der Waals surface area contributed by atoms with Crippen LogP contribution in [0, 0.1) is 12.8 Å². The van der Waals surface area contributed by atoms with E-state index in [1.807, 2.05) is 50.2 Å². The number of carbonyl (C=O) groups is 2. The summed E-state index contributed by atoms with van der Waals surface area (Å²) in [5, 5.41) is 0. The lowest BCUT2D eigenvalue weighted by molar-refractivity contribution is -0.122. The first-order chi connectivity index (χ1) is 13.2. The minimum absolute atomic E-state index is 0.0167. The van der Waals surface area contributed by atoms with E-state index < -0.39 is 0 Å². The highest BCUT2D eigenvalue weighted by Gasteiger charge is 2.24. The van der Waals surface area contributed by atoms with E-state index >= 15 is 0 Å². The van der Waals surface area contributed by atoms with Crippen molar-refractivity contribution in [2.45, 2.75) is 33.6 Å². The van der Waals surface area contributed by atoms with Crippen LogP contribution in [-0.4, -0.2) is 72.3 Å². The van der Waals surface area contributed by atoms with Crippen molar-refractivity contribution < 1.29 is 9.59 Å². The molecule has 0 spiro atoms. The summed E-state index contributed by atoms with van der Waals surface area (Å²) in [6.45, 7) is 7.40. The van der Waals surface area contributed by atoms with E-state index in [4.69, 9.17) is 0 Å². The van der Waals surface area contributed by atoms with Gasteiger partial charge in [0.2, 0.25) is 5.91 Å². The Kier molecular flexibility index (Phi) is 7.18.